The van der Waals surface area contributed by atoms with Crippen LogP contribution in [0.1, 0.15) is 44.9 Å². The van der Waals surface area contributed by atoms with Gasteiger partial charge in [-0.2, -0.15) is 5.10 Å². The summed E-state index contributed by atoms with van der Waals surface area (Å²) in [4.78, 5) is 7.44. The topological polar surface area (TPSA) is 34.0 Å². The van der Waals surface area contributed by atoms with Gasteiger partial charge in [0.1, 0.15) is 12.2 Å². The molecule has 102 valence electrons. The van der Waals surface area contributed by atoms with Gasteiger partial charge in [0.2, 0.25) is 0 Å². The van der Waals surface area contributed by atoms with Gasteiger partial charge >= 0.3 is 0 Å². The lowest BCUT2D eigenvalue weighted by molar-refractivity contribution is 0.186. The molecule has 0 saturated heterocycles. The molecule has 1 aliphatic carbocycles. The lowest BCUT2D eigenvalue weighted by Gasteiger charge is -2.34. The highest BCUT2D eigenvalue weighted by Gasteiger charge is 2.26. The molecule has 0 aromatic carbocycles. The third-order valence-electron chi connectivity index (χ3n) is 3.74. The summed E-state index contributed by atoms with van der Waals surface area (Å²) in [6, 6.07) is 0.630. The largest absolute Gasteiger partial charge is 0.295 e. The van der Waals surface area contributed by atoms with Gasteiger partial charge in [-0.25, -0.2) is 9.67 Å². The first-order valence-corrected chi connectivity index (χ1v) is 7.85. The van der Waals surface area contributed by atoms with Crippen LogP contribution in [0.15, 0.2) is 6.33 Å². The van der Waals surface area contributed by atoms with Crippen LogP contribution in [-0.4, -0.2) is 37.6 Å². The Balaban J connectivity index is 1.97. The highest BCUT2D eigenvalue weighted by molar-refractivity contribution is 9.09. The number of aromatic nitrogens is 3. The first-order valence-electron chi connectivity index (χ1n) is 6.93. The minimum absolute atomic E-state index is 0.624. The second-order valence-electron chi connectivity index (χ2n) is 5.18. The van der Waals surface area contributed by atoms with E-state index in [1.165, 1.54) is 25.7 Å². The highest BCUT2D eigenvalue weighted by atomic mass is 79.9. The number of nitrogens with zero attached hydrogens (tertiary/aromatic N) is 4. The fraction of sp³-hybridized carbons (Fsp3) is 0.846. The summed E-state index contributed by atoms with van der Waals surface area (Å²) in [5.41, 5.74) is 0. The number of aryl methyl sites for hydroxylation is 1. The minimum Gasteiger partial charge on any atom is -0.295 e. The van der Waals surface area contributed by atoms with E-state index in [1.54, 1.807) is 6.33 Å². The summed E-state index contributed by atoms with van der Waals surface area (Å²) in [7, 11) is 2.20. The zero-order valence-electron chi connectivity index (χ0n) is 11.3. The smallest absolute Gasteiger partial charge is 0.141 e. The first kappa shape index (κ1) is 14.0. The average molecular weight is 315 g/mol. The molecule has 1 aromatic rings. The first-order chi connectivity index (χ1) is 8.72. The molecule has 2 atom stereocenters. The van der Waals surface area contributed by atoms with Crippen molar-refractivity contribution in [3.63, 3.8) is 0 Å². The van der Waals surface area contributed by atoms with Gasteiger partial charge in [-0.3, -0.25) is 4.90 Å². The van der Waals surface area contributed by atoms with Gasteiger partial charge in [0.05, 0.1) is 6.54 Å². The maximum absolute atomic E-state index is 4.39. The van der Waals surface area contributed by atoms with Crippen molar-refractivity contribution in [3.05, 3.63) is 12.2 Å². The Bertz CT molecular complexity index is 366. The molecule has 2 rings (SSSR count). The van der Waals surface area contributed by atoms with E-state index in [0.717, 1.165) is 25.3 Å². The fourth-order valence-corrected chi connectivity index (χ4v) is 3.70. The second kappa shape index (κ2) is 6.66. The summed E-state index contributed by atoms with van der Waals surface area (Å²) >= 11 is 3.82. The molecule has 0 radical (unpaired) electrons. The van der Waals surface area contributed by atoms with Crippen molar-refractivity contribution in [1.29, 1.82) is 0 Å². The Morgan fingerprint density at radius 3 is 2.94 bits per heavy atom. The Kier molecular flexibility index (Phi) is 5.18. The summed E-state index contributed by atoms with van der Waals surface area (Å²) in [6.07, 6.45) is 8.05. The number of alkyl halides is 1. The third-order valence-corrected chi connectivity index (χ3v) is 4.80. The second-order valence-corrected chi connectivity index (χ2v) is 6.36. The lowest BCUT2D eigenvalue weighted by Crippen LogP contribution is -2.40. The van der Waals surface area contributed by atoms with E-state index in [2.05, 4.69) is 44.9 Å². The van der Waals surface area contributed by atoms with Crippen molar-refractivity contribution in [3.8, 4) is 0 Å². The maximum atomic E-state index is 4.39. The summed E-state index contributed by atoms with van der Waals surface area (Å²) in [6.45, 7) is 4.03. The van der Waals surface area contributed by atoms with Crippen LogP contribution in [0.3, 0.4) is 0 Å². The van der Waals surface area contributed by atoms with E-state index in [4.69, 9.17) is 0 Å². The Morgan fingerprint density at radius 2 is 2.22 bits per heavy atom. The molecule has 1 fully saturated rings. The molecule has 0 spiro atoms. The molecule has 1 aromatic heterocycles. The Hall–Kier alpha value is -0.420. The van der Waals surface area contributed by atoms with Crippen LogP contribution < -0.4 is 0 Å². The van der Waals surface area contributed by atoms with Crippen LogP contribution in [0.4, 0.5) is 0 Å². The zero-order valence-corrected chi connectivity index (χ0v) is 12.9. The van der Waals surface area contributed by atoms with Gasteiger partial charge in [0, 0.05) is 17.4 Å². The van der Waals surface area contributed by atoms with Crippen LogP contribution in [0.25, 0.3) is 0 Å². The maximum Gasteiger partial charge on any atom is 0.141 e. The van der Waals surface area contributed by atoms with Crippen molar-refractivity contribution in [1.82, 2.24) is 19.7 Å². The molecular formula is C13H23BrN4. The van der Waals surface area contributed by atoms with Crippen LogP contribution >= 0.6 is 15.9 Å². The Morgan fingerprint density at radius 1 is 1.44 bits per heavy atom. The number of rotatable bonds is 5. The number of hydrogen-bond donors (Lipinski definition) is 0. The number of halogens is 1. The highest BCUT2D eigenvalue weighted by Crippen LogP contribution is 2.28. The van der Waals surface area contributed by atoms with Crippen molar-refractivity contribution in [2.45, 2.75) is 63.0 Å². The molecule has 0 N–H and O–H groups in total. The van der Waals surface area contributed by atoms with Crippen LogP contribution in [0.2, 0.25) is 0 Å². The SMILES string of the molecule is CCCn1ncnc1CN(C)C1CCCCC1Br. The lowest BCUT2D eigenvalue weighted by atomic mass is 9.94. The summed E-state index contributed by atoms with van der Waals surface area (Å²) in [5, 5.41) is 4.29. The molecule has 0 amide bonds. The van der Waals surface area contributed by atoms with E-state index in [0.29, 0.717) is 10.9 Å². The molecule has 18 heavy (non-hydrogen) atoms. The van der Waals surface area contributed by atoms with Gasteiger partial charge in [0.15, 0.2) is 0 Å². The van der Waals surface area contributed by atoms with Crippen molar-refractivity contribution in [2.75, 3.05) is 7.05 Å². The third kappa shape index (κ3) is 3.32. The molecule has 1 heterocycles. The molecular weight excluding hydrogens is 292 g/mol. The zero-order chi connectivity index (χ0) is 13.0. The quantitative estimate of drug-likeness (QED) is 0.784. The monoisotopic (exact) mass is 314 g/mol. The standard InChI is InChI=1S/C13H23BrN4/c1-3-8-18-13(15-10-16-18)9-17(2)12-7-5-4-6-11(12)14/h10-12H,3-9H2,1-2H3. The van der Waals surface area contributed by atoms with Crippen molar-refractivity contribution in [2.24, 2.45) is 0 Å². The van der Waals surface area contributed by atoms with Gasteiger partial charge in [0.25, 0.3) is 0 Å². The van der Waals surface area contributed by atoms with E-state index < -0.39 is 0 Å². The summed E-state index contributed by atoms with van der Waals surface area (Å²) in [5.74, 6) is 1.09. The minimum atomic E-state index is 0.624. The van der Waals surface area contributed by atoms with E-state index >= 15 is 0 Å². The molecule has 5 heteroatoms. The van der Waals surface area contributed by atoms with E-state index in [1.807, 2.05) is 4.68 Å². The van der Waals surface area contributed by atoms with Crippen molar-refractivity contribution < 1.29 is 0 Å². The van der Waals surface area contributed by atoms with Gasteiger partial charge < -0.3 is 0 Å². The Labute approximate surface area is 118 Å². The summed E-state index contributed by atoms with van der Waals surface area (Å²) < 4.78 is 2.03. The van der Waals surface area contributed by atoms with Gasteiger partial charge in [-0.15, -0.1) is 0 Å². The van der Waals surface area contributed by atoms with Gasteiger partial charge in [-0.1, -0.05) is 35.7 Å². The molecule has 1 saturated carbocycles. The predicted molar refractivity (Wildman–Crippen MR) is 76.8 cm³/mol. The fourth-order valence-electron chi connectivity index (χ4n) is 2.71. The van der Waals surface area contributed by atoms with Crippen LogP contribution in [-0.2, 0) is 13.1 Å². The number of hydrogen-bond acceptors (Lipinski definition) is 3. The molecule has 0 bridgehead atoms. The average Bonchev–Trinajstić information content (AvgIpc) is 2.78. The molecule has 0 aliphatic heterocycles. The normalized spacial score (nSPS) is 24.7. The molecule has 2 unspecified atom stereocenters. The molecule has 4 nitrogen and oxygen atoms in total. The molecule has 1 aliphatic rings. The predicted octanol–water partition coefficient (Wildman–Crippen LogP) is 2.83. The van der Waals surface area contributed by atoms with E-state index in [9.17, 15) is 0 Å². The van der Waals surface area contributed by atoms with Gasteiger partial charge in [-0.05, 0) is 26.3 Å². The van der Waals surface area contributed by atoms with E-state index in [-0.39, 0.29) is 0 Å². The van der Waals surface area contributed by atoms with Crippen LogP contribution in [0, 0.1) is 0 Å². The van der Waals surface area contributed by atoms with Crippen LogP contribution in [0.5, 0.6) is 0 Å². The van der Waals surface area contributed by atoms with Crippen molar-refractivity contribution >= 4 is 15.9 Å².